The van der Waals surface area contributed by atoms with Crippen molar-refractivity contribution in [3.63, 3.8) is 0 Å². The molecule has 2 aliphatic carbocycles. The zero-order valence-corrected chi connectivity index (χ0v) is 23.6. The Hall–Kier alpha value is -5.42. The molecule has 212 valence electrons. The number of halogens is 1. The van der Waals surface area contributed by atoms with Crippen LogP contribution in [0, 0.1) is 17.7 Å². The molecule has 1 aliphatic heterocycles. The number of imide groups is 1. The van der Waals surface area contributed by atoms with Gasteiger partial charge in [-0.25, -0.2) is 9.29 Å². The van der Waals surface area contributed by atoms with Gasteiger partial charge in [0.1, 0.15) is 5.82 Å². The summed E-state index contributed by atoms with van der Waals surface area (Å²) in [6.07, 6.45) is 0. The topological polar surface area (TPSA) is 54.5 Å². The molecule has 5 aromatic rings. The highest BCUT2D eigenvalue weighted by molar-refractivity contribution is 6.39. The van der Waals surface area contributed by atoms with E-state index < -0.39 is 40.3 Å². The van der Waals surface area contributed by atoms with Crippen molar-refractivity contribution >= 4 is 34.4 Å². The molecule has 3 aliphatic rings. The Balaban J connectivity index is 1.57. The summed E-state index contributed by atoms with van der Waals surface area (Å²) in [5.41, 5.74) is 1.16. The van der Waals surface area contributed by atoms with Crippen molar-refractivity contribution in [2.45, 2.75) is 10.8 Å². The molecule has 2 fully saturated rings. The van der Waals surface area contributed by atoms with Gasteiger partial charge in [0, 0.05) is 0 Å². The lowest BCUT2D eigenvalue weighted by molar-refractivity contribution is -0.130. The normalized spacial score (nSPS) is 25.6. The van der Waals surface area contributed by atoms with Crippen LogP contribution < -0.4 is 4.90 Å². The number of Topliss-reactive ketones (excluding diaryl/α,β-unsaturated/α-hetero) is 1. The van der Waals surface area contributed by atoms with E-state index in [1.807, 2.05) is 121 Å². The number of allylic oxidation sites excluding steroid dienone is 2. The monoisotopic (exact) mass is 575 g/mol. The van der Waals surface area contributed by atoms with E-state index in [0.29, 0.717) is 22.3 Å². The van der Waals surface area contributed by atoms with Crippen molar-refractivity contribution in [1.29, 1.82) is 0 Å². The van der Waals surface area contributed by atoms with Crippen molar-refractivity contribution in [2.24, 2.45) is 11.8 Å². The van der Waals surface area contributed by atoms with Gasteiger partial charge in [-0.3, -0.25) is 14.4 Å². The number of amides is 2. The van der Waals surface area contributed by atoms with Gasteiger partial charge in [-0.15, -0.1) is 0 Å². The molecule has 44 heavy (non-hydrogen) atoms. The fraction of sp³-hybridized carbons (Fsp3) is 0.103. The lowest BCUT2D eigenvalue weighted by atomic mass is 9.59. The first-order valence-electron chi connectivity index (χ1n) is 14.7. The molecule has 0 N–H and O–H groups in total. The van der Waals surface area contributed by atoms with E-state index in [1.54, 1.807) is 6.07 Å². The summed E-state index contributed by atoms with van der Waals surface area (Å²) < 4.78 is 15.3. The van der Waals surface area contributed by atoms with Crippen LogP contribution in [0.1, 0.15) is 22.3 Å². The van der Waals surface area contributed by atoms with Crippen LogP contribution in [0.3, 0.4) is 0 Å². The van der Waals surface area contributed by atoms with Crippen LogP contribution in [0.4, 0.5) is 10.1 Å². The number of rotatable bonds is 5. The molecule has 0 unspecified atom stereocenters. The number of hydrogen-bond acceptors (Lipinski definition) is 3. The largest absolute Gasteiger partial charge is 0.297 e. The summed E-state index contributed by atoms with van der Waals surface area (Å²) in [4.78, 5) is 46.4. The van der Waals surface area contributed by atoms with Crippen LogP contribution in [0.5, 0.6) is 0 Å². The van der Waals surface area contributed by atoms with Gasteiger partial charge >= 0.3 is 0 Å². The third-order valence-electron chi connectivity index (χ3n) is 9.67. The number of carbonyl (C=O) groups excluding carboxylic acids is 3. The van der Waals surface area contributed by atoms with Crippen LogP contribution >= 0.6 is 0 Å². The Morgan fingerprint density at radius 2 is 0.841 bits per heavy atom. The maximum absolute atomic E-state index is 15.8. The number of para-hydroxylation sites is 1. The predicted octanol–water partition coefficient (Wildman–Crippen LogP) is 7.01. The second-order valence-electron chi connectivity index (χ2n) is 11.6. The first-order chi connectivity index (χ1) is 21.5. The first kappa shape index (κ1) is 26.2. The van der Waals surface area contributed by atoms with Gasteiger partial charge in [0.25, 0.3) is 0 Å². The number of ketones is 1. The molecule has 5 aromatic carbocycles. The van der Waals surface area contributed by atoms with Crippen LogP contribution in [-0.2, 0) is 25.2 Å². The highest BCUT2D eigenvalue weighted by Gasteiger charge is 2.82. The summed E-state index contributed by atoms with van der Waals surface area (Å²) in [6.45, 7) is 0. The van der Waals surface area contributed by atoms with Gasteiger partial charge < -0.3 is 0 Å². The van der Waals surface area contributed by atoms with Gasteiger partial charge in [0.05, 0.1) is 28.4 Å². The second-order valence-corrected chi connectivity index (χ2v) is 11.6. The second kappa shape index (κ2) is 9.55. The van der Waals surface area contributed by atoms with Crippen LogP contribution in [-0.4, -0.2) is 17.6 Å². The SMILES string of the molecule is O=C1[C@@H]2[C@@H](C(=O)N1c1ccccc1F)[C@@]1(c3ccccc3)C(=O)[C@@]2(c2ccccc2)C(c2ccccc2)=C1c1ccccc1. The molecular weight excluding hydrogens is 549 g/mol. The molecular formula is C39H26FNO3. The van der Waals surface area contributed by atoms with E-state index in [9.17, 15) is 9.59 Å². The zero-order valence-electron chi connectivity index (χ0n) is 23.6. The average molecular weight is 576 g/mol. The number of nitrogens with zero attached hydrogens (tertiary/aromatic N) is 1. The average Bonchev–Trinajstić information content (AvgIpc) is 3.59. The van der Waals surface area contributed by atoms with E-state index in [-0.39, 0.29) is 11.5 Å². The lowest BCUT2D eigenvalue weighted by Crippen LogP contribution is -2.45. The van der Waals surface area contributed by atoms with Crippen LogP contribution in [0.25, 0.3) is 11.1 Å². The highest BCUT2D eigenvalue weighted by atomic mass is 19.1. The molecule has 2 amide bonds. The van der Waals surface area contributed by atoms with Crippen molar-refractivity contribution in [3.05, 3.63) is 174 Å². The summed E-state index contributed by atoms with van der Waals surface area (Å²) in [6, 6.07) is 43.8. The molecule has 0 radical (unpaired) electrons. The number of carbonyl (C=O) groups is 3. The molecule has 8 rings (SSSR count). The molecule has 0 aromatic heterocycles. The van der Waals surface area contributed by atoms with Crippen molar-refractivity contribution in [3.8, 4) is 0 Å². The summed E-state index contributed by atoms with van der Waals surface area (Å²) in [7, 11) is 0. The molecule has 4 nitrogen and oxygen atoms in total. The smallest absolute Gasteiger partial charge is 0.239 e. The van der Waals surface area contributed by atoms with E-state index >= 15 is 9.18 Å². The first-order valence-corrected chi connectivity index (χ1v) is 14.7. The maximum atomic E-state index is 15.8. The van der Waals surface area contributed by atoms with Gasteiger partial charge in [0.2, 0.25) is 11.8 Å². The van der Waals surface area contributed by atoms with Gasteiger partial charge in [-0.1, -0.05) is 133 Å². The number of anilines is 1. The van der Waals surface area contributed by atoms with E-state index in [4.69, 9.17) is 0 Å². The van der Waals surface area contributed by atoms with Crippen molar-refractivity contribution < 1.29 is 18.8 Å². The standard InChI is InChI=1S/C39H26FNO3/c40-29-23-13-14-24-30(29)41-35(42)33-34(36(41)43)39(28-21-11-4-12-22-28)32(26-17-7-2-8-18-26)31(25-15-5-1-6-16-25)38(33,37(39)44)27-19-9-3-10-20-27/h1-24,33-34H/t33-,34-,38-,39-/m0/s1. The fourth-order valence-corrected chi connectivity index (χ4v) is 8.20. The Labute approximate surface area is 254 Å². The maximum Gasteiger partial charge on any atom is 0.239 e. The molecule has 2 bridgehead atoms. The number of fused-ring (bicyclic) bond motifs is 5. The fourth-order valence-electron chi connectivity index (χ4n) is 8.20. The Bertz CT molecular complexity index is 1870. The van der Waals surface area contributed by atoms with E-state index in [0.717, 1.165) is 16.0 Å². The lowest BCUT2D eigenvalue weighted by Gasteiger charge is -2.39. The Morgan fingerprint density at radius 1 is 0.477 bits per heavy atom. The minimum Gasteiger partial charge on any atom is -0.297 e. The number of hydrogen-bond donors (Lipinski definition) is 0. The predicted molar refractivity (Wildman–Crippen MR) is 167 cm³/mol. The van der Waals surface area contributed by atoms with Gasteiger partial charge in [-0.05, 0) is 45.5 Å². The molecule has 4 atom stereocenters. The summed E-state index contributed by atoms with van der Waals surface area (Å²) >= 11 is 0. The van der Waals surface area contributed by atoms with Crippen molar-refractivity contribution in [1.82, 2.24) is 0 Å². The number of benzene rings is 5. The summed E-state index contributed by atoms with van der Waals surface area (Å²) in [5, 5.41) is 0. The molecule has 5 heteroatoms. The van der Waals surface area contributed by atoms with Gasteiger partial charge in [0.15, 0.2) is 5.78 Å². The summed E-state index contributed by atoms with van der Waals surface area (Å²) in [5.74, 6) is -4.19. The van der Waals surface area contributed by atoms with Crippen LogP contribution in [0.15, 0.2) is 146 Å². The molecule has 1 saturated heterocycles. The Morgan fingerprint density at radius 3 is 1.25 bits per heavy atom. The zero-order chi connectivity index (χ0) is 30.1. The van der Waals surface area contributed by atoms with Crippen molar-refractivity contribution in [2.75, 3.05) is 4.90 Å². The highest BCUT2D eigenvalue weighted by Crippen LogP contribution is 2.74. The quantitative estimate of drug-likeness (QED) is 0.212. The molecule has 0 spiro atoms. The third-order valence-corrected chi connectivity index (χ3v) is 9.67. The van der Waals surface area contributed by atoms with E-state index in [2.05, 4.69) is 0 Å². The van der Waals surface area contributed by atoms with E-state index in [1.165, 1.54) is 18.2 Å². The van der Waals surface area contributed by atoms with Crippen LogP contribution in [0.2, 0.25) is 0 Å². The molecule has 1 heterocycles. The minimum absolute atomic E-state index is 0.0994. The Kier molecular flexibility index (Phi) is 5.69. The molecule has 1 saturated carbocycles. The third kappa shape index (κ3) is 3.13. The van der Waals surface area contributed by atoms with Gasteiger partial charge in [-0.2, -0.15) is 0 Å². The minimum atomic E-state index is -1.51.